The van der Waals surface area contributed by atoms with Crippen molar-refractivity contribution in [2.24, 2.45) is 5.73 Å². The van der Waals surface area contributed by atoms with E-state index >= 15 is 0 Å². The van der Waals surface area contributed by atoms with Crippen molar-refractivity contribution in [3.8, 4) is 5.13 Å². The van der Waals surface area contributed by atoms with Gasteiger partial charge in [0.15, 0.2) is 5.13 Å². The smallest absolute Gasteiger partial charge is 0.326 e. The van der Waals surface area contributed by atoms with Crippen LogP contribution in [0.25, 0.3) is 5.13 Å². The summed E-state index contributed by atoms with van der Waals surface area (Å²) in [5, 5.41) is 14.8. The Kier molecular flexibility index (Phi) is 6.12. The summed E-state index contributed by atoms with van der Waals surface area (Å²) in [5.41, 5.74) is 5.47. The Morgan fingerprint density at radius 1 is 1.36 bits per heavy atom. The number of amides is 3. The van der Waals surface area contributed by atoms with Crippen molar-refractivity contribution in [1.82, 2.24) is 20.2 Å². The number of aromatic nitrogens is 2. The molecule has 25 heavy (non-hydrogen) atoms. The highest BCUT2D eigenvalue weighted by molar-refractivity contribution is 7.16. The van der Waals surface area contributed by atoms with Gasteiger partial charge < -0.3 is 26.0 Å². The lowest BCUT2D eigenvalue weighted by molar-refractivity contribution is -0.139. The van der Waals surface area contributed by atoms with E-state index in [4.69, 9.17) is 5.73 Å². The summed E-state index contributed by atoms with van der Waals surface area (Å²) in [4.78, 5) is 39.0. The van der Waals surface area contributed by atoms with Crippen molar-refractivity contribution >= 4 is 29.2 Å². The topological polar surface area (TPSA) is 139 Å². The third-order valence-electron chi connectivity index (χ3n) is 3.39. The first-order valence-corrected chi connectivity index (χ1v) is 8.38. The van der Waals surface area contributed by atoms with Crippen LogP contribution >= 0.6 is 11.3 Å². The number of aryl methyl sites for hydroxylation is 1. The van der Waals surface area contributed by atoms with Crippen LogP contribution in [0.15, 0.2) is 24.5 Å². The van der Waals surface area contributed by atoms with Crippen LogP contribution < -0.4 is 16.4 Å². The molecular formula is C15H19N5O4S. The largest absolute Gasteiger partial charge is 0.480 e. The van der Waals surface area contributed by atoms with Crippen LogP contribution in [0.2, 0.25) is 0 Å². The van der Waals surface area contributed by atoms with Gasteiger partial charge in [-0.15, -0.1) is 0 Å². The van der Waals surface area contributed by atoms with E-state index in [0.717, 1.165) is 0 Å². The van der Waals surface area contributed by atoms with Crippen LogP contribution in [-0.2, 0) is 4.79 Å². The van der Waals surface area contributed by atoms with E-state index in [0.29, 0.717) is 22.1 Å². The highest BCUT2D eigenvalue weighted by atomic mass is 32.1. The first-order valence-electron chi connectivity index (χ1n) is 7.56. The van der Waals surface area contributed by atoms with E-state index in [1.807, 2.05) is 24.5 Å². The number of rotatable bonds is 8. The van der Waals surface area contributed by atoms with Gasteiger partial charge in [-0.25, -0.2) is 14.6 Å². The molecule has 0 spiro atoms. The maximum absolute atomic E-state index is 12.4. The fourth-order valence-electron chi connectivity index (χ4n) is 2.16. The quantitative estimate of drug-likeness (QED) is 0.514. The molecule has 0 aliphatic heterocycles. The van der Waals surface area contributed by atoms with Crippen molar-refractivity contribution in [3.05, 3.63) is 35.1 Å². The zero-order chi connectivity index (χ0) is 18.4. The molecule has 0 aromatic carbocycles. The molecule has 134 valence electrons. The average molecular weight is 365 g/mol. The van der Waals surface area contributed by atoms with Crippen LogP contribution in [0.3, 0.4) is 0 Å². The van der Waals surface area contributed by atoms with E-state index < -0.39 is 23.9 Å². The number of hydrogen-bond acceptors (Lipinski definition) is 5. The monoisotopic (exact) mass is 365 g/mol. The van der Waals surface area contributed by atoms with Gasteiger partial charge in [0, 0.05) is 18.9 Å². The molecule has 1 atom stereocenters. The van der Waals surface area contributed by atoms with Gasteiger partial charge in [-0.3, -0.25) is 4.79 Å². The highest BCUT2D eigenvalue weighted by Gasteiger charge is 2.23. The normalized spacial score (nSPS) is 11.7. The van der Waals surface area contributed by atoms with Crippen LogP contribution in [0.4, 0.5) is 4.79 Å². The van der Waals surface area contributed by atoms with Gasteiger partial charge in [0.2, 0.25) is 0 Å². The van der Waals surface area contributed by atoms with Gasteiger partial charge in [0.1, 0.15) is 10.9 Å². The summed E-state index contributed by atoms with van der Waals surface area (Å²) in [6.07, 6.45) is 4.16. The van der Waals surface area contributed by atoms with Gasteiger partial charge in [0.05, 0.1) is 5.69 Å². The molecule has 0 aliphatic rings. The molecule has 0 bridgehead atoms. The molecule has 0 saturated heterocycles. The maximum atomic E-state index is 12.4. The van der Waals surface area contributed by atoms with Crippen LogP contribution in [0.5, 0.6) is 0 Å². The minimum Gasteiger partial charge on any atom is -0.480 e. The summed E-state index contributed by atoms with van der Waals surface area (Å²) in [5.74, 6) is -1.62. The predicted octanol–water partition coefficient (Wildman–Crippen LogP) is 0.874. The minimum absolute atomic E-state index is 0.170. The minimum atomic E-state index is -1.14. The summed E-state index contributed by atoms with van der Waals surface area (Å²) >= 11 is 1.18. The van der Waals surface area contributed by atoms with Crippen LogP contribution in [0.1, 0.15) is 28.2 Å². The SMILES string of the molecule is Cc1nc(-n2cccc2)sc1C(=O)NC(CCCNC(N)=O)C(=O)O. The zero-order valence-electron chi connectivity index (χ0n) is 13.6. The maximum Gasteiger partial charge on any atom is 0.326 e. The molecule has 0 fully saturated rings. The molecule has 0 saturated carbocycles. The third kappa shape index (κ3) is 5.05. The first-order chi connectivity index (χ1) is 11.9. The molecule has 3 amide bonds. The lowest BCUT2D eigenvalue weighted by Gasteiger charge is -2.14. The fourth-order valence-corrected chi connectivity index (χ4v) is 3.10. The Labute approximate surface area is 147 Å². The van der Waals surface area contributed by atoms with Crippen LogP contribution in [0, 0.1) is 6.92 Å². The van der Waals surface area contributed by atoms with Crippen molar-refractivity contribution in [1.29, 1.82) is 0 Å². The Hall–Kier alpha value is -2.88. The molecule has 2 aromatic heterocycles. The number of carboxylic acid groups (broad SMARTS) is 1. The van der Waals surface area contributed by atoms with Gasteiger partial charge in [-0.05, 0) is 31.9 Å². The predicted molar refractivity (Wildman–Crippen MR) is 91.9 cm³/mol. The first kappa shape index (κ1) is 18.5. The molecule has 9 nitrogen and oxygen atoms in total. The number of nitrogens with two attached hydrogens (primary N) is 1. The summed E-state index contributed by atoms with van der Waals surface area (Å²) in [7, 11) is 0. The van der Waals surface area contributed by atoms with Crippen molar-refractivity contribution in [2.45, 2.75) is 25.8 Å². The Morgan fingerprint density at radius 2 is 2.04 bits per heavy atom. The molecule has 10 heteroatoms. The van der Waals surface area contributed by atoms with Gasteiger partial charge in [-0.1, -0.05) is 11.3 Å². The van der Waals surface area contributed by atoms with E-state index in [1.54, 1.807) is 11.5 Å². The van der Waals surface area contributed by atoms with E-state index in [9.17, 15) is 19.5 Å². The molecule has 2 heterocycles. The second-order valence-electron chi connectivity index (χ2n) is 5.30. The van der Waals surface area contributed by atoms with Crippen LogP contribution in [-0.4, -0.2) is 45.2 Å². The standard InChI is InChI=1S/C15H19N5O4S/c1-9-11(25-15(18-9)20-7-2-3-8-20)12(21)19-10(13(22)23)5-4-6-17-14(16)24/h2-3,7-8,10H,4-6H2,1H3,(H,19,21)(H,22,23)(H3,16,17,24). The van der Waals surface area contributed by atoms with Crippen molar-refractivity contribution in [3.63, 3.8) is 0 Å². The molecule has 2 rings (SSSR count). The Morgan fingerprint density at radius 3 is 2.64 bits per heavy atom. The second kappa shape index (κ2) is 8.29. The number of carbonyl (C=O) groups excluding carboxylic acids is 2. The number of carboxylic acids is 1. The number of nitrogens with one attached hydrogen (secondary N) is 2. The molecule has 5 N–H and O–H groups in total. The van der Waals surface area contributed by atoms with Gasteiger partial charge in [0.25, 0.3) is 5.91 Å². The fraction of sp³-hybridized carbons (Fsp3) is 0.333. The van der Waals surface area contributed by atoms with E-state index in [1.165, 1.54) is 11.3 Å². The van der Waals surface area contributed by atoms with Crippen molar-refractivity contribution in [2.75, 3.05) is 6.54 Å². The summed E-state index contributed by atoms with van der Waals surface area (Å²) in [6.45, 7) is 1.94. The van der Waals surface area contributed by atoms with Gasteiger partial charge in [-0.2, -0.15) is 0 Å². The Balaban J connectivity index is 2.01. The third-order valence-corrected chi connectivity index (χ3v) is 4.56. The number of hydrogen-bond donors (Lipinski definition) is 4. The summed E-state index contributed by atoms with van der Waals surface area (Å²) in [6, 6.07) is 1.96. The second-order valence-corrected chi connectivity index (χ2v) is 6.28. The van der Waals surface area contributed by atoms with E-state index in [2.05, 4.69) is 15.6 Å². The van der Waals surface area contributed by atoms with Gasteiger partial charge >= 0.3 is 12.0 Å². The van der Waals surface area contributed by atoms with Crippen molar-refractivity contribution < 1.29 is 19.5 Å². The molecule has 0 radical (unpaired) electrons. The molecule has 1 unspecified atom stereocenters. The molecular weight excluding hydrogens is 346 g/mol. The Bertz CT molecular complexity index is 756. The number of primary amides is 1. The highest BCUT2D eigenvalue weighted by Crippen LogP contribution is 2.21. The lowest BCUT2D eigenvalue weighted by Crippen LogP contribution is -2.41. The summed E-state index contributed by atoms with van der Waals surface area (Å²) < 4.78 is 1.78. The molecule has 2 aromatic rings. The number of nitrogens with zero attached hydrogens (tertiary/aromatic N) is 2. The zero-order valence-corrected chi connectivity index (χ0v) is 14.4. The number of aliphatic carboxylic acids is 1. The average Bonchev–Trinajstić information content (AvgIpc) is 3.18. The lowest BCUT2D eigenvalue weighted by atomic mass is 10.1. The molecule has 0 aliphatic carbocycles. The number of urea groups is 1. The number of carbonyl (C=O) groups is 3. The van der Waals surface area contributed by atoms with E-state index in [-0.39, 0.29) is 13.0 Å². The number of thiazole rings is 1.